The average molecular weight is 323 g/mol. The predicted octanol–water partition coefficient (Wildman–Crippen LogP) is 2.39. The summed E-state index contributed by atoms with van der Waals surface area (Å²) in [6, 6.07) is 3.88. The largest absolute Gasteiger partial charge is 0.507 e. The third-order valence-corrected chi connectivity index (χ3v) is 3.65. The van der Waals surface area contributed by atoms with Crippen molar-refractivity contribution in [2.24, 2.45) is 0 Å². The fraction of sp³-hybridized carbons (Fsp3) is 0.176. The second-order valence-electron chi connectivity index (χ2n) is 5.31. The molecule has 0 spiro atoms. The Morgan fingerprint density at radius 3 is 2.79 bits per heavy atom. The van der Waals surface area contributed by atoms with Crippen LogP contribution in [0.5, 0.6) is 0 Å². The van der Waals surface area contributed by atoms with Crippen LogP contribution in [0.3, 0.4) is 0 Å². The van der Waals surface area contributed by atoms with Gasteiger partial charge in [-0.1, -0.05) is 6.92 Å². The number of ketones is 1. The molecule has 0 aliphatic heterocycles. The number of aromatic nitrogens is 5. The Bertz CT molecular complexity index is 851. The van der Waals surface area contributed by atoms with Gasteiger partial charge in [0.2, 0.25) is 5.78 Å². The molecule has 7 heteroatoms. The fourth-order valence-corrected chi connectivity index (χ4v) is 2.45. The minimum absolute atomic E-state index is 0.0817. The number of nitrogens with zero attached hydrogens (tertiary/aromatic N) is 4. The zero-order chi connectivity index (χ0) is 16.9. The molecule has 0 fully saturated rings. The van der Waals surface area contributed by atoms with E-state index in [1.54, 1.807) is 12.4 Å². The number of allylic oxidation sites excluding steroid dienone is 1. The van der Waals surface area contributed by atoms with Gasteiger partial charge in [-0.05, 0) is 29.7 Å². The molecular weight excluding hydrogens is 306 g/mol. The van der Waals surface area contributed by atoms with E-state index in [-0.39, 0.29) is 11.6 Å². The molecule has 0 radical (unpaired) electrons. The van der Waals surface area contributed by atoms with Gasteiger partial charge in [-0.2, -0.15) is 5.10 Å². The van der Waals surface area contributed by atoms with E-state index in [0.717, 1.165) is 23.6 Å². The molecule has 3 aromatic rings. The smallest absolute Gasteiger partial charge is 0.226 e. The number of rotatable bonds is 6. The Morgan fingerprint density at radius 1 is 1.33 bits per heavy atom. The Labute approximate surface area is 138 Å². The maximum atomic E-state index is 12.0. The molecule has 24 heavy (non-hydrogen) atoms. The van der Waals surface area contributed by atoms with Crippen molar-refractivity contribution in [2.75, 3.05) is 0 Å². The lowest BCUT2D eigenvalue weighted by Crippen LogP contribution is -2.00. The number of nitrogens with one attached hydrogen (secondary N) is 1. The average Bonchev–Trinajstić information content (AvgIpc) is 3.25. The van der Waals surface area contributed by atoms with Crippen molar-refractivity contribution in [2.45, 2.75) is 19.9 Å². The zero-order valence-electron chi connectivity index (χ0n) is 13.2. The molecule has 122 valence electrons. The van der Waals surface area contributed by atoms with E-state index in [2.05, 4.69) is 20.2 Å². The molecule has 0 saturated carbocycles. The van der Waals surface area contributed by atoms with Gasteiger partial charge in [0.05, 0.1) is 0 Å². The highest BCUT2D eigenvalue weighted by Gasteiger charge is 2.13. The quantitative estimate of drug-likeness (QED) is 0.412. The monoisotopic (exact) mass is 323 g/mol. The maximum Gasteiger partial charge on any atom is 0.226 e. The van der Waals surface area contributed by atoms with Crippen LogP contribution in [0.2, 0.25) is 0 Å². The minimum Gasteiger partial charge on any atom is -0.507 e. The predicted molar refractivity (Wildman–Crippen MR) is 88.5 cm³/mol. The Hall–Kier alpha value is -3.22. The molecule has 0 aromatic carbocycles. The highest BCUT2D eigenvalue weighted by atomic mass is 16.3. The summed E-state index contributed by atoms with van der Waals surface area (Å²) in [6.07, 6.45) is 10.4. The summed E-state index contributed by atoms with van der Waals surface area (Å²) in [5.74, 6) is -0.411. The molecule has 3 heterocycles. The van der Waals surface area contributed by atoms with Gasteiger partial charge in [0.15, 0.2) is 5.82 Å². The minimum atomic E-state index is -0.422. The van der Waals surface area contributed by atoms with Gasteiger partial charge < -0.3 is 9.67 Å². The van der Waals surface area contributed by atoms with Crippen LogP contribution in [-0.2, 0) is 13.0 Å². The lowest BCUT2D eigenvalue weighted by Gasteiger charge is -2.02. The molecule has 0 saturated heterocycles. The zero-order valence-corrected chi connectivity index (χ0v) is 13.2. The summed E-state index contributed by atoms with van der Waals surface area (Å²) in [5.41, 5.74) is 2.71. The third-order valence-electron chi connectivity index (χ3n) is 3.65. The van der Waals surface area contributed by atoms with Crippen molar-refractivity contribution in [3.8, 4) is 0 Å². The van der Waals surface area contributed by atoms with Crippen molar-refractivity contribution in [3.63, 3.8) is 0 Å². The van der Waals surface area contributed by atoms with Gasteiger partial charge in [-0.15, -0.1) is 0 Å². The van der Waals surface area contributed by atoms with Crippen molar-refractivity contribution < 1.29 is 9.90 Å². The Kier molecular flexibility index (Phi) is 4.51. The summed E-state index contributed by atoms with van der Waals surface area (Å²) in [6.45, 7) is 2.67. The van der Waals surface area contributed by atoms with E-state index in [4.69, 9.17) is 0 Å². The lowest BCUT2D eigenvalue weighted by atomic mass is 10.1. The standard InChI is InChI=1S/C17H17N5O2/c1-2-13-9-22(8-12-3-5-18-6-4-12)10-14(13)15(23)7-16(24)17-19-11-20-21-17/h3-7,9-11,23H,2,8H2,1H3,(H,19,20,21). The summed E-state index contributed by atoms with van der Waals surface area (Å²) in [7, 11) is 0. The highest BCUT2D eigenvalue weighted by Crippen LogP contribution is 2.20. The molecule has 0 unspecified atom stereocenters. The molecule has 0 aliphatic rings. The molecule has 2 N–H and O–H groups in total. The van der Waals surface area contributed by atoms with Crippen molar-refractivity contribution in [3.05, 3.63) is 71.8 Å². The van der Waals surface area contributed by atoms with E-state index in [0.29, 0.717) is 12.1 Å². The summed E-state index contributed by atoms with van der Waals surface area (Å²) >= 11 is 0. The van der Waals surface area contributed by atoms with E-state index in [1.807, 2.05) is 36.0 Å². The van der Waals surface area contributed by atoms with E-state index in [1.165, 1.54) is 6.33 Å². The number of carbonyl (C=O) groups excluding carboxylic acids is 1. The molecule has 3 rings (SSSR count). The summed E-state index contributed by atoms with van der Waals surface area (Å²) in [5, 5.41) is 16.4. The number of aliphatic hydroxyl groups is 1. The second-order valence-corrected chi connectivity index (χ2v) is 5.31. The number of hydrogen-bond donors (Lipinski definition) is 2. The first-order valence-electron chi connectivity index (χ1n) is 7.55. The van der Waals surface area contributed by atoms with Crippen LogP contribution in [0.1, 0.15) is 34.2 Å². The number of carbonyl (C=O) groups is 1. The topological polar surface area (TPSA) is 96.7 Å². The molecular formula is C17H17N5O2. The normalized spacial score (nSPS) is 11.6. The van der Waals surface area contributed by atoms with Crippen molar-refractivity contribution in [1.82, 2.24) is 24.7 Å². The first kappa shape index (κ1) is 15.7. The van der Waals surface area contributed by atoms with Crippen molar-refractivity contribution in [1.29, 1.82) is 0 Å². The van der Waals surface area contributed by atoms with Gasteiger partial charge in [0.25, 0.3) is 0 Å². The van der Waals surface area contributed by atoms with Gasteiger partial charge in [0.1, 0.15) is 12.1 Å². The van der Waals surface area contributed by atoms with Gasteiger partial charge in [0, 0.05) is 43.0 Å². The van der Waals surface area contributed by atoms with E-state index in [9.17, 15) is 9.90 Å². The first-order valence-corrected chi connectivity index (χ1v) is 7.55. The molecule has 0 bridgehead atoms. The van der Waals surface area contributed by atoms with Crippen LogP contribution in [0.4, 0.5) is 0 Å². The van der Waals surface area contributed by atoms with Crippen LogP contribution < -0.4 is 0 Å². The van der Waals surface area contributed by atoms with Crippen LogP contribution in [0, 0.1) is 0 Å². The Balaban J connectivity index is 1.85. The van der Waals surface area contributed by atoms with Crippen LogP contribution in [0.15, 0.2) is 49.3 Å². The number of pyridine rings is 1. The molecule has 0 atom stereocenters. The molecule has 0 aliphatic carbocycles. The number of H-pyrrole nitrogens is 1. The van der Waals surface area contributed by atoms with Gasteiger partial charge in [-0.25, -0.2) is 4.98 Å². The Morgan fingerprint density at radius 2 is 2.12 bits per heavy atom. The van der Waals surface area contributed by atoms with Gasteiger partial charge >= 0.3 is 0 Å². The van der Waals surface area contributed by atoms with Crippen molar-refractivity contribution >= 4 is 11.5 Å². The number of aromatic amines is 1. The maximum absolute atomic E-state index is 12.0. The van der Waals surface area contributed by atoms with Gasteiger partial charge in [-0.3, -0.25) is 14.9 Å². The van der Waals surface area contributed by atoms with E-state index >= 15 is 0 Å². The number of hydrogen-bond acceptors (Lipinski definition) is 5. The number of aryl methyl sites for hydroxylation is 1. The summed E-state index contributed by atoms with van der Waals surface area (Å²) < 4.78 is 1.98. The lowest BCUT2D eigenvalue weighted by molar-refractivity contribution is 0.103. The van der Waals surface area contributed by atoms with Crippen LogP contribution in [-0.4, -0.2) is 35.6 Å². The molecule has 7 nitrogen and oxygen atoms in total. The summed E-state index contributed by atoms with van der Waals surface area (Å²) in [4.78, 5) is 19.8. The SMILES string of the molecule is CCc1cn(Cc2ccncc2)cc1C(O)=CC(=O)c1ncn[nH]1. The van der Waals surface area contributed by atoms with Crippen LogP contribution in [0.25, 0.3) is 5.76 Å². The molecule has 3 aromatic heterocycles. The van der Waals surface area contributed by atoms with E-state index < -0.39 is 5.78 Å². The first-order chi connectivity index (χ1) is 11.7. The fourth-order valence-electron chi connectivity index (χ4n) is 2.45. The molecule has 0 amide bonds. The van der Waals surface area contributed by atoms with Crippen LogP contribution >= 0.6 is 0 Å². The second kappa shape index (κ2) is 6.91. The number of aliphatic hydroxyl groups excluding tert-OH is 1. The third kappa shape index (κ3) is 3.40. The highest BCUT2D eigenvalue weighted by molar-refractivity contribution is 6.05.